The first-order valence-electron chi connectivity index (χ1n) is 5.23. The molecule has 1 aliphatic rings. The second-order valence-electron chi connectivity index (χ2n) is 3.69. The van der Waals surface area contributed by atoms with Gasteiger partial charge in [-0.1, -0.05) is 0 Å². The Bertz CT molecular complexity index is 371. The van der Waals surface area contributed by atoms with Crippen molar-refractivity contribution in [2.24, 2.45) is 5.92 Å². The third-order valence-electron chi connectivity index (χ3n) is 2.46. The van der Waals surface area contributed by atoms with E-state index in [1.54, 1.807) is 6.92 Å². The summed E-state index contributed by atoms with van der Waals surface area (Å²) in [5, 5.41) is 8.86. The lowest BCUT2D eigenvalue weighted by atomic mass is 10.0. The molecular formula is C10H14N2O4. The molecule has 1 aliphatic heterocycles. The van der Waals surface area contributed by atoms with Gasteiger partial charge in [0, 0.05) is 25.6 Å². The first-order valence-corrected chi connectivity index (χ1v) is 5.23. The minimum Gasteiger partial charge on any atom is -0.461 e. The minimum atomic E-state index is -0.475. The van der Waals surface area contributed by atoms with Gasteiger partial charge >= 0.3 is 5.97 Å². The van der Waals surface area contributed by atoms with Gasteiger partial charge in [0.25, 0.3) is 6.01 Å². The maximum Gasteiger partial charge on any atom is 0.360 e. The number of carbonyl (C=O) groups excluding carboxylic acids is 1. The lowest BCUT2D eigenvalue weighted by Gasteiger charge is -2.36. The van der Waals surface area contributed by atoms with E-state index in [1.165, 1.54) is 6.26 Å². The summed E-state index contributed by atoms with van der Waals surface area (Å²) in [6.45, 7) is 3.64. The van der Waals surface area contributed by atoms with Crippen LogP contribution in [-0.2, 0) is 4.74 Å². The number of hydrogen-bond acceptors (Lipinski definition) is 6. The molecule has 1 aromatic rings. The van der Waals surface area contributed by atoms with Gasteiger partial charge in [-0.2, -0.15) is 4.98 Å². The van der Waals surface area contributed by atoms with Gasteiger partial charge in [0.15, 0.2) is 5.69 Å². The Morgan fingerprint density at radius 1 is 1.75 bits per heavy atom. The molecule has 6 heteroatoms. The highest BCUT2D eigenvalue weighted by Crippen LogP contribution is 2.23. The van der Waals surface area contributed by atoms with E-state index in [1.807, 2.05) is 4.90 Å². The van der Waals surface area contributed by atoms with Crippen molar-refractivity contribution in [1.82, 2.24) is 4.98 Å². The second kappa shape index (κ2) is 4.52. The van der Waals surface area contributed by atoms with Gasteiger partial charge in [-0.15, -0.1) is 0 Å². The molecular weight excluding hydrogens is 212 g/mol. The molecule has 1 N–H and O–H groups in total. The molecule has 16 heavy (non-hydrogen) atoms. The Labute approximate surface area is 92.8 Å². The smallest absolute Gasteiger partial charge is 0.360 e. The summed E-state index contributed by atoms with van der Waals surface area (Å²) >= 11 is 0. The fourth-order valence-electron chi connectivity index (χ4n) is 1.55. The van der Waals surface area contributed by atoms with Gasteiger partial charge in [0.05, 0.1) is 6.61 Å². The zero-order valence-corrected chi connectivity index (χ0v) is 9.05. The second-order valence-corrected chi connectivity index (χ2v) is 3.69. The van der Waals surface area contributed by atoms with Gasteiger partial charge in [-0.25, -0.2) is 4.79 Å². The summed E-state index contributed by atoms with van der Waals surface area (Å²) in [6.07, 6.45) is 1.29. The highest BCUT2D eigenvalue weighted by atomic mass is 16.5. The fourth-order valence-corrected chi connectivity index (χ4v) is 1.55. The number of aliphatic hydroxyl groups excluding tert-OH is 1. The molecule has 2 rings (SSSR count). The van der Waals surface area contributed by atoms with Crippen LogP contribution in [0.1, 0.15) is 17.4 Å². The van der Waals surface area contributed by atoms with Gasteiger partial charge in [0.2, 0.25) is 0 Å². The van der Waals surface area contributed by atoms with Crippen LogP contribution in [0.15, 0.2) is 10.7 Å². The van der Waals surface area contributed by atoms with Crippen molar-refractivity contribution in [1.29, 1.82) is 0 Å². The molecule has 0 aromatic carbocycles. The lowest BCUT2D eigenvalue weighted by molar-refractivity contribution is 0.0519. The first kappa shape index (κ1) is 10.9. The third-order valence-corrected chi connectivity index (χ3v) is 2.46. The first-order chi connectivity index (χ1) is 7.74. The van der Waals surface area contributed by atoms with E-state index in [-0.39, 0.29) is 18.2 Å². The van der Waals surface area contributed by atoms with E-state index in [0.717, 1.165) is 0 Å². The van der Waals surface area contributed by atoms with Crippen LogP contribution >= 0.6 is 0 Å². The average Bonchev–Trinajstić information content (AvgIpc) is 2.66. The van der Waals surface area contributed by atoms with E-state index < -0.39 is 5.97 Å². The minimum absolute atomic E-state index is 0.169. The quantitative estimate of drug-likeness (QED) is 0.743. The largest absolute Gasteiger partial charge is 0.461 e. The van der Waals surface area contributed by atoms with Crippen molar-refractivity contribution in [2.45, 2.75) is 6.92 Å². The van der Waals surface area contributed by atoms with Crippen LogP contribution < -0.4 is 4.90 Å². The molecule has 88 valence electrons. The topological polar surface area (TPSA) is 75.8 Å². The van der Waals surface area contributed by atoms with Crippen LogP contribution in [0.4, 0.5) is 6.01 Å². The maximum absolute atomic E-state index is 11.3. The molecule has 1 fully saturated rings. The number of rotatable bonds is 4. The Morgan fingerprint density at radius 2 is 2.50 bits per heavy atom. The Kier molecular flexibility index (Phi) is 3.09. The van der Waals surface area contributed by atoms with E-state index in [9.17, 15) is 4.79 Å². The number of aromatic nitrogens is 1. The number of aliphatic hydroxyl groups is 1. The van der Waals surface area contributed by atoms with Crippen molar-refractivity contribution >= 4 is 12.0 Å². The van der Waals surface area contributed by atoms with Crippen molar-refractivity contribution in [3.8, 4) is 0 Å². The average molecular weight is 226 g/mol. The molecule has 0 radical (unpaired) electrons. The van der Waals surface area contributed by atoms with Crippen LogP contribution in [0.5, 0.6) is 0 Å². The number of nitrogens with zero attached hydrogens (tertiary/aromatic N) is 2. The van der Waals surface area contributed by atoms with Crippen LogP contribution in [0.25, 0.3) is 0 Å². The highest BCUT2D eigenvalue weighted by Gasteiger charge is 2.30. The summed E-state index contributed by atoms with van der Waals surface area (Å²) in [7, 11) is 0. The summed E-state index contributed by atoms with van der Waals surface area (Å²) in [5.74, 6) is -0.199. The Hall–Kier alpha value is -1.56. The SMILES string of the molecule is CCOC(=O)c1coc(N2CC(CO)C2)n1. The Morgan fingerprint density at radius 3 is 3.12 bits per heavy atom. The molecule has 0 saturated carbocycles. The number of anilines is 1. The molecule has 6 nitrogen and oxygen atoms in total. The Balaban J connectivity index is 1.95. The van der Waals surface area contributed by atoms with Crippen molar-refractivity contribution < 1.29 is 19.1 Å². The van der Waals surface area contributed by atoms with E-state index in [2.05, 4.69) is 4.98 Å². The summed E-state index contributed by atoms with van der Waals surface area (Å²) in [5.41, 5.74) is 0.185. The van der Waals surface area contributed by atoms with E-state index in [0.29, 0.717) is 25.7 Å². The summed E-state index contributed by atoms with van der Waals surface area (Å²) in [4.78, 5) is 17.2. The number of oxazole rings is 1. The molecule has 0 amide bonds. The highest BCUT2D eigenvalue weighted by molar-refractivity contribution is 5.87. The molecule has 0 bridgehead atoms. The predicted octanol–water partition coefficient (Wildman–Crippen LogP) is 0.280. The maximum atomic E-state index is 11.3. The van der Waals surface area contributed by atoms with Crippen LogP contribution in [0.3, 0.4) is 0 Å². The standard InChI is InChI=1S/C10H14N2O4/c1-2-15-9(14)8-6-16-10(11-8)12-3-7(4-12)5-13/h6-7,13H,2-5H2,1H3. The number of carbonyl (C=O) groups is 1. The molecule has 0 aliphatic carbocycles. The van der Waals surface area contributed by atoms with Gasteiger partial charge in [-0.3, -0.25) is 0 Å². The van der Waals surface area contributed by atoms with Crippen LogP contribution in [0.2, 0.25) is 0 Å². The number of esters is 1. The fraction of sp³-hybridized carbons (Fsp3) is 0.600. The van der Waals surface area contributed by atoms with Gasteiger partial charge in [0.1, 0.15) is 6.26 Å². The summed E-state index contributed by atoms with van der Waals surface area (Å²) in [6, 6.07) is 0.410. The predicted molar refractivity (Wildman–Crippen MR) is 55.2 cm³/mol. The molecule has 0 unspecified atom stereocenters. The van der Waals surface area contributed by atoms with E-state index in [4.69, 9.17) is 14.3 Å². The molecule has 1 saturated heterocycles. The number of hydrogen-bond donors (Lipinski definition) is 1. The summed E-state index contributed by atoms with van der Waals surface area (Å²) < 4.78 is 9.96. The van der Waals surface area contributed by atoms with Gasteiger partial charge < -0.3 is 19.2 Å². The normalized spacial score (nSPS) is 16.0. The zero-order chi connectivity index (χ0) is 11.5. The van der Waals surface area contributed by atoms with E-state index >= 15 is 0 Å². The van der Waals surface area contributed by atoms with Gasteiger partial charge in [-0.05, 0) is 6.92 Å². The monoisotopic (exact) mass is 226 g/mol. The molecule has 2 heterocycles. The molecule has 1 aromatic heterocycles. The van der Waals surface area contributed by atoms with Crippen molar-refractivity contribution in [2.75, 3.05) is 31.2 Å². The third kappa shape index (κ3) is 2.01. The van der Waals surface area contributed by atoms with Crippen LogP contribution in [0, 0.1) is 5.92 Å². The van der Waals surface area contributed by atoms with Crippen molar-refractivity contribution in [3.05, 3.63) is 12.0 Å². The number of ether oxygens (including phenoxy) is 1. The molecule has 0 atom stereocenters. The lowest BCUT2D eigenvalue weighted by Crippen LogP contribution is -2.48. The molecule has 0 spiro atoms. The van der Waals surface area contributed by atoms with Crippen LogP contribution in [-0.4, -0.2) is 42.4 Å². The van der Waals surface area contributed by atoms with Crippen molar-refractivity contribution in [3.63, 3.8) is 0 Å². The zero-order valence-electron chi connectivity index (χ0n) is 9.05.